The molecule has 2 radical (unpaired) electrons. The van der Waals surface area contributed by atoms with Gasteiger partial charge in [0.05, 0.1) is 25.9 Å². The number of hydrogen-bond donors (Lipinski definition) is 8. The van der Waals surface area contributed by atoms with Gasteiger partial charge in [-0.25, -0.2) is 19.1 Å². The van der Waals surface area contributed by atoms with Crippen molar-refractivity contribution in [3.05, 3.63) is 33.4 Å². The minimum absolute atomic E-state index is 0. The molecule has 0 aromatic carbocycles. The number of fused-ring (bicyclic) bond motifs is 4. The number of aromatic nitrogens is 8. The summed E-state index contributed by atoms with van der Waals surface area (Å²) in [6, 6.07) is 0. The predicted octanol–water partition coefficient (Wildman–Crippen LogP) is -3.81. The van der Waals surface area contributed by atoms with Crippen LogP contribution in [0.4, 0.5) is 11.9 Å². The molecular weight excluding hydrogens is 712 g/mol. The summed E-state index contributed by atoms with van der Waals surface area (Å²) in [6.07, 6.45) is -10.9. The van der Waals surface area contributed by atoms with Gasteiger partial charge in [0, 0.05) is 59.1 Å². The zero-order chi connectivity index (χ0) is 32.7. The third kappa shape index (κ3) is 6.85. The van der Waals surface area contributed by atoms with Crippen molar-refractivity contribution >= 4 is 109 Å². The van der Waals surface area contributed by atoms with Crippen LogP contribution in [0.1, 0.15) is 12.5 Å². The Kier molecular flexibility index (Phi) is 10.8. The summed E-state index contributed by atoms with van der Waals surface area (Å²) in [6.45, 7) is -1.74. The van der Waals surface area contributed by atoms with Crippen LogP contribution in [0.5, 0.6) is 0 Å². The van der Waals surface area contributed by atoms with Crippen LogP contribution in [0.2, 0.25) is 0 Å². The summed E-state index contributed by atoms with van der Waals surface area (Å²) < 4.78 is 60.5. The molecule has 2 unspecified atom stereocenters. The third-order valence-electron chi connectivity index (χ3n) is 7.38. The summed E-state index contributed by atoms with van der Waals surface area (Å²) in [5.41, 5.74) is 9.28. The fourth-order valence-electron chi connectivity index (χ4n) is 5.39. The molecular formula is C20H24N10Na2O14P2. The van der Waals surface area contributed by atoms with Gasteiger partial charge in [-0.1, -0.05) is 0 Å². The first-order valence-electron chi connectivity index (χ1n) is 13.1. The number of rotatable bonds is 2. The van der Waals surface area contributed by atoms with Crippen LogP contribution in [-0.2, 0) is 36.7 Å². The molecule has 0 saturated carbocycles. The van der Waals surface area contributed by atoms with E-state index in [1.807, 2.05) is 0 Å². The van der Waals surface area contributed by atoms with E-state index in [1.165, 1.54) is 0 Å². The number of nitrogen functional groups attached to an aromatic ring is 2. The number of imidazole rings is 2. The van der Waals surface area contributed by atoms with Gasteiger partial charge in [-0.3, -0.25) is 46.8 Å². The van der Waals surface area contributed by atoms with Gasteiger partial charge in [0.25, 0.3) is 11.1 Å². The quantitative estimate of drug-likeness (QED) is 0.0722. The number of phosphoric ester groups is 2. The largest absolute Gasteiger partial charge is 0.472 e. The Bertz CT molecular complexity index is 1920. The average molecular weight is 736 g/mol. The molecule has 24 nitrogen and oxygen atoms in total. The second kappa shape index (κ2) is 13.8. The first-order valence-corrected chi connectivity index (χ1v) is 16.1. The van der Waals surface area contributed by atoms with E-state index in [9.17, 15) is 38.7 Å². The smallest absolute Gasteiger partial charge is 0.386 e. The Morgan fingerprint density at radius 1 is 0.750 bits per heavy atom. The van der Waals surface area contributed by atoms with E-state index in [0.717, 1.165) is 21.8 Å². The average Bonchev–Trinajstić information content (AvgIpc) is 3.72. The van der Waals surface area contributed by atoms with E-state index in [4.69, 9.17) is 39.0 Å². The number of H-pyrrole nitrogens is 2. The Balaban J connectivity index is 0.00000225. The van der Waals surface area contributed by atoms with Crippen LogP contribution in [0.3, 0.4) is 0 Å². The van der Waals surface area contributed by atoms with Crippen molar-refractivity contribution in [1.82, 2.24) is 39.0 Å². The molecule has 0 amide bonds. The van der Waals surface area contributed by atoms with Gasteiger partial charge in [-0.2, -0.15) is 9.97 Å². The topological polar surface area (TPSA) is 350 Å². The van der Waals surface area contributed by atoms with Crippen LogP contribution in [0.25, 0.3) is 22.3 Å². The number of ether oxygens (including phenoxy) is 2. The maximum atomic E-state index is 13.1. The Morgan fingerprint density at radius 3 is 1.50 bits per heavy atom. The number of aromatic amines is 2. The van der Waals surface area contributed by atoms with Gasteiger partial charge >= 0.3 is 15.6 Å². The summed E-state index contributed by atoms with van der Waals surface area (Å²) >= 11 is 0. The Hall–Kier alpha value is -1.64. The molecule has 0 aliphatic carbocycles. The normalized spacial score (nSPS) is 35.6. The summed E-state index contributed by atoms with van der Waals surface area (Å²) in [4.78, 5) is 65.9. The van der Waals surface area contributed by atoms with E-state index in [1.54, 1.807) is 0 Å². The molecule has 0 spiro atoms. The van der Waals surface area contributed by atoms with Gasteiger partial charge in [0.1, 0.15) is 36.6 Å². The second-order valence-corrected chi connectivity index (χ2v) is 13.1. The zero-order valence-electron chi connectivity index (χ0n) is 24.8. The number of hydrogen-bond acceptors (Lipinski definition) is 18. The number of aliphatic hydroxyl groups excluding tert-OH is 2. The molecule has 10 N–H and O–H groups in total. The minimum Gasteiger partial charge on any atom is -0.386 e. The molecule has 3 saturated heterocycles. The van der Waals surface area contributed by atoms with Gasteiger partial charge < -0.3 is 40.9 Å². The van der Waals surface area contributed by atoms with Crippen LogP contribution >= 0.6 is 15.6 Å². The molecule has 4 aromatic rings. The van der Waals surface area contributed by atoms with Crippen LogP contribution in [0.15, 0.2) is 22.2 Å². The van der Waals surface area contributed by atoms with Crippen molar-refractivity contribution in [3.63, 3.8) is 0 Å². The van der Waals surface area contributed by atoms with E-state index < -0.39 is 89.1 Å². The third-order valence-corrected chi connectivity index (χ3v) is 9.35. The minimum atomic E-state index is -5.10. The molecule has 3 fully saturated rings. The van der Waals surface area contributed by atoms with Crippen LogP contribution in [0, 0.1) is 0 Å². The monoisotopic (exact) mass is 736 g/mol. The van der Waals surface area contributed by atoms with Gasteiger partial charge in [-0.15, -0.1) is 0 Å². The number of nitrogens with one attached hydrogen (secondary N) is 2. The number of anilines is 2. The molecule has 48 heavy (non-hydrogen) atoms. The number of aliphatic hydroxyl groups is 2. The summed E-state index contributed by atoms with van der Waals surface area (Å²) in [5.74, 6) is -0.561. The van der Waals surface area contributed by atoms with Gasteiger partial charge in [0.15, 0.2) is 34.8 Å². The maximum Gasteiger partial charge on any atom is 0.472 e. The van der Waals surface area contributed by atoms with E-state index in [2.05, 4.69) is 29.9 Å². The zero-order valence-corrected chi connectivity index (χ0v) is 30.6. The molecule has 250 valence electrons. The van der Waals surface area contributed by atoms with Crippen molar-refractivity contribution < 1.29 is 56.7 Å². The van der Waals surface area contributed by atoms with E-state index >= 15 is 0 Å². The number of nitrogens with zero attached hydrogens (tertiary/aromatic N) is 6. The first-order chi connectivity index (χ1) is 21.7. The number of nitrogens with two attached hydrogens (primary N) is 2. The molecule has 4 aromatic heterocycles. The molecule has 7 heterocycles. The Morgan fingerprint density at radius 2 is 1.12 bits per heavy atom. The van der Waals surface area contributed by atoms with E-state index in [0.29, 0.717) is 0 Å². The van der Waals surface area contributed by atoms with Gasteiger partial charge in [0.2, 0.25) is 11.9 Å². The molecule has 7 rings (SSSR count). The second-order valence-electron chi connectivity index (χ2n) is 10.3. The van der Waals surface area contributed by atoms with Gasteiger partial charge in [-0.05, 0) is 0 Å². The first kappa shape index (κ1) is 37.6. The maximum absolute atomic E-state index is 13.1. The molecule has 28 heteroatoms. The van der Waals surface area contributed by atoms with Crippen molar-refractivity contribution in [2.24, 2.45) is 0 Å². The fourth-order valence-corrected chi connectivity index (χ4v) is 7.32. The van der Waals surface area contributed by atoms with Crippen molar-refractivity contribution in [2.45, 2.75) is 49.1 Å². The number of phosphoric acid groups is 2. The van der Waals surface area contributed by atoms with Crippen molar-refractivity contribution in [2.75, 3.05) is 24.7 Å². The standard InChI is InChI=1S/C20H24N10O14P2.2Na/c21-19-25-13-7(15(33)27-19)23-3-29(13)17-9(31)11-5(41-17)1-39-45(35,36)44-12-6(2-40-46(37,38)43-11)42-18(10(12)32)30-4-24-8-14(30)26-20(22)28-16(8)34;;/h3-6,9-12,17-18,31-32H,1-2H2,(H,35,36)(H,37,38)(H3,21,25,27,33)(H3,22,26,28,34);;/t5-,6-,9-,10-,11-,12-,17-,18-;;/m1../s1. The van der Waals surface area contributed by atoms with Crippen molar-refractivity contribution in [3.8, 4) is 0 Å². The van der Waals surface area contributed by atoms with Crippen molar-refractivity contribution in [1.29, 1.82) is 0 Å². The summed E-state index contributed by atoms with van der Waals surface area (Å²) in [7, 11) is -10.2. The summed E-state index contributed by atoms with van der Waals surface area (Å²) in [5, 5.41) is 22.2. The molecule has 10 atom stereocenters. The molecule has 3 aliphatic heterocycles. The van der Waals surface area contributed by atoms with Crippen LogP contribution in [-0.4, -0.2) is 168 Å². The Labute approximate surface area is 309 Å². The molecule has 3 aliphatic rings. The fraction of sp³-hybridized carbons (Fsp3) is 0.500. The van der Waals surface area contributed by atoms with Crippen LogP contribution < -0.4 is 22.6 Å². The van der Waals surface area contributed by atoms with E-state index in [-0.39, 0.29) is 93.3 Å². The molecule has 0 bridgehead atoms. The predicted molar refractivity (Wildman–Crippen MR) is 158 cm³/mol. The SMILES string of the molecule is Nc1nc2c(ncn2[C@@H]2O[C@@H]3COP(=O)(O)O[C@H]4[C@@H](O)[C@H](n5cnc6c(=O)[nH]c(N)nc65)O[C@@H]4COP(=O)(O)O[C@H]3[C@H]2O)c(=O)[nH]1.[Na].[Na].